The van der Waals surface area contributed by atoms with Gasteiger partial charge in [0, 0.05) is 50.2 Å². The monoisotopic (exact) mass is 1300 g/mol. The number of aliphatic hydroxyl groups excluding tert-OH is 6. The van der Waals surface area contributed by atoms with Crippen molar-refractivity contribution in [2.24, 2.45) is 68.0 Å². The Bertz CT molecular complexity index is 3130. The van der Waals surface area contributed by atoms with E-state index in [1.807, 2.05) is 20.8 Å². The molecule has 0 bridgehead atoms. The molecule has 12 aliphatic carbocycles. The molecule has 6 N–H and O–H groups in total. The molecule has 18 nitrogen and oxygen atoms in total. The van der Waals surface area contributed by atoms with Gasteiger partial charge >= 0.3 is 0 Å². The number of halogens is 3. The Morgan fingerprint density at radius 3 is 0.882 bits per heavy atom. The van der Waals surface area contributed by atoms with Crippen molar-refractivity contribution in [2.45, 2.75) is 248 Å². The highest BCUT2D eigenvalue weighted by atomic mass is 19.2. The molecule has 0 amide bonds. The summed E-state index contributed by atoms with van der Waals surface area (Å²) >= 11 is 0. The average Bonchev–Trinajstić information content (AvgIpc) is 1.59. The number of carbonyl (C=O) groups is 6. The summed E-state index contributed by atoms with van der Waals surface area (Å²) < 4.78 is 88.5. The van der Waals surface area contributed by atoms with E-state index in [0.717, 1.165) is 16.7 Å². The molecule has 0 aromatic rings. The molecular formula is C72H93F3O18. The van der Waals surface area contributed by atoms with Gasteiger partial charge in [-0.1, -0.05) is 55.7 Å². The smallest absolute Gasteiger partial charge is 0.193 e. The minimum absolute atomic E-state index is 0.0109. The molecule has 12 fully saturated rings. The first kappa shape index (κ1) is 67.3. The zero-order valence-corrected chi connectivity index (χ0v) is 55.4. The number of carbonyl (C=O) groups excluding carboxylic acids is 6. The largest absolute Gasteiger partial charge is 0.390 e. The van der Waals surface area contributed by atoms with Crippen molar-refractivity contribution >= 4 is 34.7 Å². The molecule has 0 spiro atoms. The second-order valence-electron chi connectivity index (χ2n) is 32.8. The summed E-state index contributed by atoms with van der Waals surface area (Å²) in [5, 5.41) is 63.6. The quantitative estimate of drug-likeness (QED) is 0.153. The molecule has 0 aromatic heterocycles. The van der Waals surface area contributed by atoms with Gasteiger partial charge in [-0.2, -0.15) is 0 Å². The number of hydrogen-bond donors (Lipinski definition) is 6. The summed E-state index contributed by atoms with van der Waals surface area (Å²) in [6, 6.07) is 0. The topological polar surface area (TPSA) is 279 Å². The first-order valence-corrected chi connectivity index (χ1v) is 33.6. The Kier molecular flexibility index (Phi) is 15.0. The van der Waals surface area contributed by atoms with Crippen LogP contribution >= 0.6 is 0 Å². The van der Waals surface area contributed by atoms with Gasteiger partial charge in [0.1, 0.15) is 19.8 Å². The van der Waals surface area contributed by atoms with Crippen molar-refractivity contribution in [1.29, 1.82) is 0 Å². The average molecular weight is 1300 g/mol. The van der Waals surface area contributed by atoms with Crippen LogP contribution in [0, 0.1) is 68.0 Å². The van der Waals surface area contributed by atoms with E-state index in [-0.39, 0.29) is 54.4 Å². The molecule has 0 radical (unpaired) electrons. The third kappa shape index (κ3) is 8.19. The van der Waals surface area contributed by atoms with Crippen LogP contribution in [-0.4, -0.2) is 173 Å². The molecule has 24 atom stereocenters. The molecule has 510 valence electrons. The number of rotatable bonds is 6. The maximum atomic E-state index is 17.1. The van der Waals surface area contributed by atoms with Gasteiger partial charge < -0.3 is 59.1 Å². The van der Waals surface area contributed by atoms with Gasteiger partial charge in [0.25, 0.3) is 0 Å². The molecule has 0 aromatic carbocycles. The molecule has 3 aliphatic heterocycles. The molecule has 93 heavy (non-hydrogen) atoms. The van der Waals surface area contributed by atoms with Gasteiger partial charge in [-0.15, -0.1) is 0 Å². The summed E-state index contributed by atoms with van der Waals surface area (Å²) in [5.74, 6) is -7.37. The molecule has 15 aliphatic rings. The third-order valence-electron chi connectivity index (χ3n) is 27.6. The van der Waals surface area contributed by atoms with Crippen LogP contribution in [-0.2, 0) is 57.2 Å². The van der Waals surface area contributed by atoms with Gasteiger partial charge in [-0.3, -0.25) is 28.8 Å². The van der Waals surface area contributed by atoms with E-state index in [1.54, 1.807) is 80.5 Å². The third-order valence-corrected chi connectivity index (χ3v) is 27.6. The second-order valence-corrected chi connectivity index (χ2v) is 32.8. The van der Waals surface area contributed by atoms with Gasteiger partial charge in [0.2, 0.25) is 0 Å². The lowest BCUT2D eigenvalue weighted by Gasteiger charge is -2.62. The summed E-state index contributed by atoms with van der Waals surface area (Å²) in [7, 11) is 0. The van der Waals surface area contributed by atoms with Crippen LogP contribution in [0.25, 0.3) is 0 Å². The number of alkyl halides is 3. The van der Waals surface area contributed by atoms with Crippen LogP contribution in [0.5, 0.6) is 0 Å². The van der Waals surface area contributed by atoms with Crippen molar-refractivity contribution in [3.63, 3.8) is 0 Å². The second kappa shape index (κ2) is 20.7. The lowest BCUT2D eigenvalue weighted by Crippen LogP contribution is -2.70. The fraction of sp³-hybridized carbons (Fsp3) is 0.750. The number of ketones is 6. The number of aliphatic hydroxyl groups is 6. The number of ether oxygens (including phenoxy) is 6. The standard InChI is InChI=1S/3C24H31FO6/c3*1-20(2)30-19-10-16-15-6-5-13-9-14(27)7-8-21(13,3)23(15,25)17(28)11-22(16,4)24(19,31-20)18(29)12-26/h3*7-9,15-17,19,26,28H,5-6,10-12H2,1-4H3/t3*15-,16-,17-,19+,21-,22-,23-,24+/m000/s1. The highest BCUT2D eigenvalue weighted by Gasteiger charge is 2.84. The van der Waals surface area contributed by atoms with E-state index in [1.165, 1.54) is 36.5 Å². The van der Waals surface area contributed by atoms with E-state index >= 15 is 13.2 Å². The predicted molar refractivity (Wildman–Crippen MR) is 326 cm³/mol. The van der Waals surface area contributed by atoms with Crippen LogP contribution in [0.15, 0.2) is 71.4 Å². The lowest BCUT2D eigenvalue weighted by molar-refractivity contribution is -0.246. The summed E-state index contributed by atoms with van der Waals surface area (Å²) in [4.78, 5) is 75.3. The Morgan fingerprint density at radius 1 is 0.419 bits per heavy atom. The summed E-state index contributed by atoms with van der Waals surface area (Å²) in [5.41, 5.74) is -14.0. The zero-order valence-electron chi connectivity index (χ0n) is 55.4. The highest BCUT2D eigenvalue weighted by Crippen LogP contribution is 2.76. The zero-order chi connectivity index (χ0) is 67.8. The van der Waals surface area contributed by atoms with Gasteiger partial charge in [0.15, 0.2) is 85.9 Å². The molecule has 21 heteroatoms. The van der Waals surface area contributed by atoms with Crippen LogP contribution in [0.4, 0.5) is 13.2 Å². The molecule has 15 rings (SSSR count). The fourth-order valence-corrected chi connectivity index (χ4v) is 23.8. The Labute approximate surface area is 540 Å². The summed E-state index contributed by atoms with van der Waals surface area (Å²) in [6.45, 7) is 19.2. The number of Topliss-reactive ketones (excluding diaryl/α,β-unsaturated/α-hetero) is 3. The predicted octanol–water partition coefficient (Wildman–Crippen LogP) is 7.26. The normalized spacial score (nSPS) is 52.1. The first-order valence-electron chi connectivity index (χ1n) is 33.6. The maximum absolute atomic E-state index is 17.1. The van der Waals surface area contributed by atoms with E-state index in [2.05, 4.69) is 0 Å². The van der Waals surface area contributed by atoms with Crippen molar-refractivity contribution in [2.75, 3.05) is 19.8 Å². The highest BCUT2D eigenvalue weighted by molar-refractivity contribution is 6.02. The van der Waals surface area contributed by atoms with Crippen LogP contribution in [0.1, 0.15) is 160 Å². The fourth-order valence-electron chi connectivity index (χ4n) is 23.8. The SMILES string of the molecule is CC1(C)O[C@@H]2C[C@H]3[C@@H]4CCC5=CC(=O)C=C[C@]5(C)[C@@]4(F)[C@@H](O)C[C@]3(C)[C@]2(C(=O)CO)O1.CC1(C)O[C@@H]2C[C@H]3[C@@H]4CCC5=CC(=O)C=C[C@]5(C)[C@@]4(F)[C@@H](O)C[C@]3(C)[C@]2(C(=O)CO)O1.CC1(C)O[C@@H]2C[C@H]3[C@@H]4CCC5=CC(=O)C=C[C@]5(C)[C@@]4(F)[C@@H](O)C[C@]3(C)[C@]2(C(=O)CO)O1. The van der Waals surface area contributed by atoms with E-state index in [9.17, 15) is 59.4 Å². The van der Waals surface area contributed by atoms with Crippen molar-refractivity contribution in [1.82, 2.24) is 0 Å². The molecule has 3 heterocycles. The lowest BCUT2D eigenvalue weighted by atomic mass is 9.44. The summed E-state index contributed by atoms with van der Waals surface area (Å²) in [6.07, 6.45) is 12.0. The van der Waals surface area contributed by atoms with E-state index < -0.39 is 175 Å². The van der Waals surface area contributed by atoms with E-state index in [4.69, 9.17) is 28.4 Å². The Balaban J connectivity index is 0.000000127. The molecule has 9 saturated carbocycles. The van der Waals surface area contributed by atoms with E-state index in [0.29, 0.717) is 57.8 Å². The van der Waals surface area contributed by atoms with Crippen LogP contribution in [0.2, 0.25) is 0 Å². The maximum Gasteiger partial charge on any atom is 0.193 e. The van der Waals surface area contributed by atoms with Gasteiger partial charge in [-0.25, -0.2) is 13.2 Å². The number of fused-ring (bicyclic) bond motifs is 21. The van der Waals surface area contributed by atoms with Crippen LogP contribution < -0.4 is 0 Å². The molecular weight excluding hydrogens is 1210 g/mol. The van der Waals surface area contributed by atoms with Crippen molar-refractivity contribution in [3.05, 3.63) is 71.4 Å². The van der Waals surface area contributed by atoms with Gasteiger partial charge in [-0.05, 0) is 194 Å². The van der Waals surface area contributed by atoms with Gasteiger partial charge in [0.05, 0.1) is 36.6 Å². The Morgan fingerprint density at radius 2 is 0.656 bits per heavy atom. The number of allylic oxidation sites excluding steroid dienone is 12. The minimum atomic E-state index is -1.98. The molecule has 0 unspecified atom stereocenters. The Hall–Kier alpha value is -4.23. The van der Waals surface area contributed by atoms with Crippen molar-refractivity contribution in [3.8, 4) is 0 Å². The molecule has 3 saturated heterocycles. The minimum Gasteiger partial charge on any atom is -0.390 e. The number of hydrogen-bond acceptors (Lipinski definition) is 18. The first-order chi connectivity index (χ1) is 43.1. The van der Waals surface area contributed by atoms with Crippen molar-refractivity contribution < 1.29 is 101 Å². The van der Waals surface area contributed by atoms with Crippen LogP contribution in [0.3, 0.4) is 0 Å².